The summed E-state index contributed by atoms with van der Waals surface area (Å²) in [7, 11) is 0. The first-order valence-corrected chi connectivity index (χ1v) is 10.2. The lowest BCUT2D eigenvalue weighted by atomic mass is 9.96. The minimum atomic E-state index is -0.345. The first kappa shape index (κ1) is 18.7. The Balaban J connectivity index is 1.54. The van der Waals surface area contributed by atoms with Crippen molar-refractivity contribution in [3.05, 3.63) is 21.3 Å². The Morgan fingerprint density at radius 3 is 2.48 bits per heavy atom. The number of thiophene rings is 1. The maximum absolute atomic E-state index is 13.0. The summed E-state index contributed by atoms with van der Waals surface area (Å²) in [6, 6.07) is 3.65. The second-order valence-electron chi connectivity index (χ2n) is 7.03. The van der Waals surface area contributed by atoms with Crippen molar-refractivity contribution >= 4 is 34.8 Å². The molecule has 2 fully saturated rings. The molecule has 1 atom stereocenters. The Labute approximate surface area is 158 Å². The maximum atomic E-state index is 13.0. The molecule has 2 amide bonds. The highest BCUT2D eigenvalue weighted by Gasteiger charge is 2.35. The van der Waals surface area contributed by atoms with Crippen LogP contribution in [0.3, 0.4) is 0 Å². The van der Waals surface area contributed by atoms with Crippen LogP contribution in [0.25, 0.3) is 0 Å². The lowest BCUT2D eigenvalue weighted by molar-refractivity contribution is -0.139. The third-order valence-electron chi connectivity index (χ3n) is 5.19. The van der Waals surface area contributed by atoms with Crippen LogP contribution in [0.2, 0.25) is 4.34 Å². The van der Waals surface area contributed by atoms with Crippen LogP contribution in [0, 0.1) is 5.92 Å². The van der Waals surface area contributed by atoms with E-state index in [4.69, 9.17) is 11.6 Å². The lowest BCUT2D eigenvalue weighted by Crippen LogP contribution is -2.56. The normalized spacial score (nSPS) is 20.6. The van der Waals surface area contributed by atoms with Crippen LogP contribution >= 0.6 is 22.9 Å². The molecule has 0 bridgehead atoms. The van der Waals surface area contributed by atoms with Gasteiger partial charge in [0, 0.05) is 44.5 Å². The van der Waals surface area contributed by atoms with Gasteiger partial charge >= 0.3 is 0 Å². The minimum absolute atomic E-state index is 0.0981. The number of hydrogen-bond acceptors (Lipinski definition) is 4. The van der Waals surface area contributed by atoms with E-state index in [0.29, 0.717) is 5.92 Å². The second-order valence-corrected chi connectivity index (χ2v) is 8.83. The summed E-state index contributed by atoms with van der Waals surface area (Å²) in [5.74, 6) is 0.280. The summed E-state index contributed by atoms with van der Waals surface area (Å²) in [6.07, 6.45) is 4.39. The number of halogens is 1. The molecule has 0 radical (unpaired) electrons. The molecule has 138 valence electrons. The van der Waals surface area contributed by atoms with Gasteiger partial charge in [-0.3, -0.25) is 14.5 Å². The number of rotatable bonds is 5. The van der Waals surface area contributed by atoms with Crippen molar-refractivity contribution in [1.82, 2.24) is 15.1 Å². The van der Waals surface area contributed by atoms with Gasteiger partial charge in [0.15, 0.2) is 0 Å². The van der Waals surface area contributed by atoms with Gasteiger partial charge in [0.2, 0.25) is 11.8 Å². The number of nitrogens with zero attached hydrogens (tertiary/aromatic N) is 2. The van der Waals surface area contributed by atoms with Crippen LogP contribution in [0.5, 0.6) is 0 Å². The molecule has 3 rings (SSSR count). The van der Waals surface area contributed by atoms with Gasteiger partial charge in [-0.05, 0) is 30.9 Å². The highest BCUT2D eigenvalue weighted by atomic mass is 35.5. The summed E-state index contributed by atoms with van der Waals surface area (Å²) in [5.41, 5.74) is 0. The molecule has 1 aliphatic carbocycles. The van der Waals surface area contributed by atoms with Crippen LogP contribution in [0.15, 0.2) is 12.1 Å². The summed E-state index contributed by atoms with van der Waals surface area (Å²) in [4.78, 5) is 30.1. The van der Waals surface area contributed by atoms with Crippen molar-refractivity contribution in [1.29, 1.82) is 0 Å². The van der Waals surface area contributed by atoms with E-state index in [1.165, 1.54) is 11.8 Å². The average Bonchev–Trinajstić information content (AvgIpc) is 3.24. The molecule has 1 aliphatic heterocycles. The molecule has 25 heavy (non-hydrogen) atoms. The van der Waals surface area contributed by atoms with Gasteiger partial charge in [0.25, 0.3) is 0 Å². The zero-order valence-corrected chi connectivity index (χ0v) is 16.2. The van der Waals surface area contributed by atoms with Crippen molar-refractivity contribution in [3.63, 3.8) is 0 Å². The smallest absolute Gasteiger partial charge is 0.245 e. The molecule has 1 aromatic heterocycles. The van der Waals surface area contributed by atoms with Gasteiger partial charge in [-0.25, -0.2) is 0 Å². The predicted octanol–water partition coefficient (Wildman–Crippen LogP) is 2.74. The molecule has 1 aromatic rings. The Kier molecular flexibility index (Phi) is 6.36. The van der Waals surface area contributed by atoms with E-state index in [-0.39, 0.29) is 17.9 Å². The summed E-state index contributed by atoms with van der Waals surface area (Å²) in [5, 5.41) is 2.92. The van der Waals surface area contributed by atoms with Gasteiger partial charge in [-0.1, -0.05) is 24.4 Å². The molecule has 1 saturated carbocycles. The number of hydrogen-bond donors (Lipinski definition) is 1. The van der Waals surface area contributed by atoms with E-state index in [1.54, 1.807) is 11.3 Å². The molecule has 0 spiro atoms. The first-order chi connectivity index (χ1) is 12.0. The van der Waals surface area contributed by atoms with Gasteiger partial charge in [-0.2, -0.15) is 0 Å². The number of nitrogens with one attached hydrogen (secondary N) is 1. The van der Waals surface area contributed by atoms with Gasteiger partial charge in [0.1, 0.15) is 6.04 Å². The summed E-state index contributed by atoms with van der Waals surface area (Å²) >= 11 is 7.61. The van der Waals surface area contributed by atoms with Gasteiger partial charge in [-0.15, -0.1) is 11.3 Å². The third-order valence-corrected chi connectivity index (χ3v) is 6.40. The number of piperazine rings is 1. The van der Waals surface area contributed by atoms with E-state index < -0.39 is 0 Å². The fraction of sp³-hybridized carbons (Fsp3) is 0.667. The second kappa shape index (κ2) is 8.52. The minimum Gasteiger partial charge on any atom is -0.344 e. The highest BCUT2D eigenvalue weighted by molar-refractivity contribution is 7.16. The zero-order chi connectivity index (χ0) is 17.8. The monoisotopic (exact) mass is 383 g/mol. The third kappa shape index (κ3) is 4.96. The van der Waals surface area contributed by atoms with E-state index >= 15 is 0 Å². The Hall–Kier alpha value is -1.11. The lowest BCUT2D eigenvalue weighted by Gasteiger charge is -2.37. The first-order valence-electron chi connectivity index (χ1n) is 9.05. The van der Waals surface area contributed by atoms with Crippen molar-refractivity contribution in [2.75, 3.05) is 26.2 Å². The largest absolute Gasteiger partial charge is 0.344 e. The fourth-order valence-electron chi connectivity index (χ4n) is 3.87. The average molecular weight is 384 g/mol. The quantitative estimate of drug-likeness (QED) is 0.850. The molecular formula is C18H26ClN3O2S. The standard InChI is InChI=1S/C18H26ClN3O2S/c1-13(23)20-17(14-4-2-3-5-14)18(24)22-10-8-21(9-11-22)12-15-6-7-16(19)25-15/h6-7,14,17H,2-5,8-12H2,1H3,(H,20,23). The SMILES string of the molecule is CC(=O)NC(C(=O)N1CCN(Cc2ccc(Cl)s2)CC1)C1CCCC1. The molecule has 7 heteroatoms. The molecule has 0 aromatic carbocycles. The maximum Gasteiger partial charge on any atom is 0.245 e. The van der Waals surface area contributed by atoms with Gasteiger partial charge in [0.05, 0.1) is 4.34 Å². The van der Waals surface area contributed by atoms with Crippen LogP contribution in [-0.4, -0.2) is 53.8 Å². The van der Waals surface area contributed by atoms with Crippen molar-refractivity contribution in [3.8, 4) is 0 Å². The van der Waals surface area contributed by atoms with E-state index in [1.807, 2.05) is 11.0 Å². The molecule has 5 nitrogen and oxygen atoms in total. The van der Waals surface area contributed by atoms with E-state index in [9.17, 15) is 9.59 Å². The van der Waals surface area contributed by atoms with Crippen LogP contribution in [-0.2, 0) is 16.1 Å². The molecule has 1 N–H and O–H groups in total. The molecular weight excluding hydrogens is 358 g/mol. The summed E-state index contributed by atoms with van der Waals surface area (Å²) in [6.45, 7) is 5.55. The number of carbonyl (C=O) groups is 2. The topological polar surface area (TPSA) is 52.7 Å². The molecule has 2 aliphatic rings. The van der Waals surface area contributed by atoms with Crippen LogP contribution < -0.4 is 5.32 Å². The van der Waals surface area contributed by atoms with Crippen molar-refractivity contribution in [2.24, 2.45) is 5.92 Å². The van der Waals surface area contributed by atoms with Crippen LogP contribution in [0.4, 0.5) is 0 Å². The zero-order valence-electron chi connectivity index (χ0n) is 14.7. The Morgan fingerprint density at radius 1 is 1.24 bits per heavy atom. The van der Waals surface area contributed by atoms with E-state index in [2.05, 4.69) is 16.3 Å². The number of carbonyl (C=O) groups excluding carboxylic acids is 2. The summed E-state index contributed by atoms with van der Waals surface area (Å²) < 4.78 is 0.818. The predicted molar refractivity (Wildman–Crippen MR) is 101 cm³/mol. The molecule has 1 unspecified atom stereocenters. The molecule has 1 saturated heterocycles. The Bertz CT molecular complexity index is 607. The Morgan fingerprint density at radius 2 is 1.92 bits per heavy atom. The van der Waals surface area contributed by atoms with Crippen LogP contribution in [0.1, 0.15) is 37.5 Å². The highest BCUT2D eigenvalue weighted by Crippen LogP contribution is 2.29. The van der Waals surface area contributed by atoms with Crippen molar-refractivity contribution < 1.29 is 9.59 Å². The fourth-order valence-corrected chi connectivity index (χ4v) is 5.00. The molecule has 2 heterocycles. The number of amides is 2. The van der Waals surface area contributed by atoms with Gasteiger partial charge < -0.3 is 10.2 Å². The van der Waals surface area contributed by atoms with Crippen molar-refractivity contribution in [2.45, 2.75) is 45.2 Å². The van der Waals surface area contributed by atoms with E-state index in [0.717, 1.165) is 62.7 Å².